The lowest BCUT2D eigenvalue weighted by Crippen LogP contribution is -2.44. The van der Waals surface area contributed by atoms with E-state index in [-0.39, 0.29) is 23.6 Å². The summed E-state index contributed by atoms with van der Waals surface area (Å²) in [4.78, 5) is 25.2. The summed E-state index contributed by atoms with van der Waals surface area (Å²) in [5, 5.41) is 9.81. The second kappa shape index (κ2) is 7.40. The van der Waals surface area contributed by atoms with Gasteiger partial charge < -0.3 is 11.1 Å². The summed E-state index contributed by atoms with van der Waals surface area (Å²) in [5.41, 5.74) is 6.41. The Morgan fingerprint density at radius 2 is 2.36 bits per heavy atom. The van der Waals surface area contributed by atoms with Crippen molar-refractivity contribution in [2.75, 3.05) is 19.6 Å². The molecule has 122 valence electrons. The highest BCUT2D eigenvalue weighted by molar-refractivity contribution is 5.90. The second-order valence-corrected chi connectivity index (χ2v) is 6.02. The molecule has 2 rings (SSSR count). The van der Waals surface area contributed by atoms with Gasteiger partial charge in [0.2, 0.25) is 5.91 Å². The minimum atomic E-state index is -0.525. The minimum absolute atomic E-state index is 0.0671. The van der Waals surface area contributed by atoms with E-state index in [0.29, 0.717) is 6.54 Å². The number of hydrogen-bond acceptors (Lipinski definition) is 4. The molecule has 1 aromatic rings. The van der Waals surface area contributed by atoms with Crippen LogP contribution in [0.1, 0.15) is 55.2 Å². The zero-order valence-corrected chi connectivity index (χ0v) is 13.3. The number of piperidine rings is 1. The number of carbonyl (C=O) groups excluding carboxylic acids is 2. The number of H-pyrrole nitrogens is 1. The molecule has 1 aliphatic heterocycles. The lowest BCUT2D eigenvalue weighted by atomic mass is 9.94. The van der Waals surface area contributed by atoms with Crippen LogP contribution in [0.25, 0.3) is 0 Å². The van der Waals surface area contributed by atoms with E-state index in [1.54, 1.807) is 6.07 Å². The fourth-order valence-electron chi connectivity index (χ4n) is 2.75. The molecule has 7 heteroatoms. The van der Waals surface area contributed by atoms with Crippen molar-refractivity contribution in [1.29, 1.82) is 0 Å². The summed E-state index contributed by atoms with van der Waals surface area (Å²) in [6, 6.07) is 1.93. The maximum absolute atomic E-state index is 12.0. The smallest absolute Gasteiger partial charge is 0.269 e. The van der Waals surface area contributed by atoms with Gasteiger partial charge in [0.1, 0.15) is 5.69 Å². The molecule has 2 heterocycles. The Morgan fingerprint density at radius 1 is 1.59 bits per heavy atom. The first kappa shape index (κ1) is 16.5. The Hall–Kier alpha value is -1.89. The van der Waals surface area contributed by atoms with Gasteiger partial charge in [0.05, 0.1) is 6.54 Å². The van der Waals surface area contributed by atoms with Gasteiger partial charge in [-0.05, 0) is 38.8 Å². The third-order valence-electron chi connectivity index (χ3n) is 4.18. The largest absolute Gasteiger partial charge is 0.364 e. The SMILES string of the molecule is CCC(C)NC(=O)CN1CCCC(c2cc(C(N)=O)n[nH]2)C1. The van der Waals surface area contributed by atoms with E-state index in [4.69, 9.17) is 5.73 Å². The van der Waals surface area contributed by atoms with E-state index in [0.717, 1.165) is 38.0 Å². The van der Waals surface area contributed by atoms with Gasteiger partial charge in [-0.1, -0.05) is 6.92 Å². The van der Waals surface area contributed by atoms with Crippen LogP contribution in [0.4, 0.5) is 0 Å². The van der Waals surface area contributed by atoms with E-state index >= 15 is 0 Å². The van der Waals surface area contributed by atoms with Crippen molar-refractivity contribution >= 4 is 11.8 Å². The Labute approximate surface area is 130 Å². The van der Waals surface area contributed by atoms with Crippen molar-refractivity contribution < 1.29 is 9.59 Å². The highest BCUT2D eigenvalue weighted by Gasteiger charge is 2.25. The Balaban J connectivity index is 1.91. The number of hydrogen-bond donors (Lipinski definition) is 3. The van der Waals surface area contributed by atoms with Crippen molar-refractivity contribution in [1.82, 2.24) is 20.4 Å². The second-order valence-electron chi connectivity index (χ2n) is 6.02. The molecule has 7 nitrogen and oxygen atoms in total. The molecular formula is C15H25N5O2. The molecule has 1 aromatic heterocycles. The number of aromatic nitrogens is 2. The molecular weight excluding hydrogens is 282 g/mol. The summed E-state index contributed by atoms with van der Waals surface area (Å²) >= 11 is 0. The molecule has 0 aliphatic carbocycles. The monoisotopic (exact) mass is 307 g/mol. The minimum Gasteiger partial charge on any atom is -0.364 e. The normalized spacial score (nSPS) is 20.5. The molecule has 0 radical (unpaired) electrons. The molecule has 2 amide bonds. The maximum Gasteiger partial charge on any atom is 0.269 e. The van der Waals surface area contributed by atoms with Gasteiger partial charge in [-0.25, -0.2) is 0 Å². The zero-order chi connectivity index (χ0) is 16.1. The number of nitrogens with zero attached hydrogens (tertiary/aromatic N) is 2. The van der Waals surface area contributed by atoms with Gasteiger partial charge in [0, 0.05) is 24.2 Å². The number of nitrogens with one attached hydrogen (secondary N) is 2. The van der Waals surface area contributed by atoms with Crippen LogP contribution in [0.15, 0.2) is 6.07 Å². The molecule has 22 heavy (non-hydrogen) atoms. The van der Waals surface area contributed by atoms with E-state index in [2.05, 4.69) is 27.3 Å². The first-order chi connectivity index (χ1) is 10.5. The van der Waals surface area contributed by atoms with E-state index in [1.165, 1.54) is 0 Å². The molecule has 1 fully saturated rings. The summed E-state index contributed by atoms with van der Waals surface area (Å²) in [6.07, 6.45) is 2.97. The molecule has 1 aliphatic rings. The maximum atomic E-state index is 12.0. The van der Waals surface area contributed by atoms with Crippen molar-refractivity contribution in [3.05, 3.63) is 17.5 Å². The first-order valence-corrected chi connectivity index (χ1v) is 7.86. The molecule has 2 atom stereocenters. The van der Waals surface area contributed by atoms with Crippen molar-refractivity contribution in [3.8, 4) is 0 Å². The van der Waals surface area contributed by atoms with Gasteiger partial charge in [-0.2, -0.15) is 5.10 Å². The number of aromatic amines is 1. The van der Waals surface area contributed by atoms with Crippen molar-refractivity contribution in [2.45, 2.75) is 45.1 Å². The van der Waals surface area contributed by atoms with Crippen LogP contribution in [0, 0.1) is 0 Å². The predicted molar refractivity (Wildman–Crippen MR) is 83.4 cm³/mol. The fraction of sp³-hybridized carbons (Fsp3) is 0.667. The van der Waals surface area contributed by atoms with Crippen LogP contribution in [0.5, 0.6) is 0 Å². The van der Waals surface area contributed by atoms with Crippen LogP contribution >= 0.6 is 0 Å². The lowest BCUT2D eigenvalue weighted by molar-refractivity contribution is -0.123. The molecule has 0 bridgehead atoms. The summed E-state index contributed by atoms with van der Waals surface area (Å²) in [6.45, 7) is 6.18. The Morgan fingerprint density at radius 3 is 3.00 bits per heavy atom. The molecule has 0 saturated carbocycles. The third kappa shape index (κ3) is 4.30. The molecule has 1 saturated heterocycles. The molecule has 0 spiro atoms. The van der Waals surface area contributed by atoms with Crippen molar-refractivity contribution in [3.63, 3.8) is 0 Å². The standard InChI is InChI=1S/C15H25N5O2/c1-3-10(2)17-14(21)9-20-6-4-5-11(8-20)12-7-13(15(16)22)19-18-12/h7,10-11H,3-6,8-9H2,1-2H3,(H2,16,22)(H,17,21)(H,18,19). The zero-order valence-electron chi connectivity index (χ0n) is 13.3. The number of nitrogens with two attached hydrogens (primary N) is 1. The molecule has 4 N–H and O–H groups in total. The van der Waals surface area contributed by atoms with Gasteiger partial charge in [-0.15, -0.1) is 0 Å². The predicted octanol–water partition coefficient (Wildman–Crippen LogP) is 0.603. The topological polar surface area (TPSA) is 104 Å². The average molecular weight is 307 g/mol. The first-order valence-electron chi connectivity index (χ1n) is 7.86. The fourth-order valence-corrected chi connectivity index (χ4v) is 2.75. The van der Waals surface area contributed by atoms with Gasteiger partial charge in [-0.3, -0.25) is 19.6 Å². The lowest BCUT2D eigenvalue weighted by Gasteiger charge is -2.31. The van der Waals surface area contributed by atoms with Gasteiger partial charge >= 0.3 is 0 Å². The number of likely N-dealkylation sites (tertiary alicyclic amines) is 1. The summed E-state index contributed by atoms with van der Waals surface area (Å²) in [5.74, 6) is -0.203. The quantitative estimate of drug-likeness (QED) is 0.716. The van der Waals surface area contributed by atoms with E-state index < -0.39 is 5.91 Å². The van der Waals surface area contributed by atoms with Crippen molar-refractivity contribution in [2.24, 2.45) is 5.73 Å². The van der Waals surface area contributed by atoms with E-state index in [1.807, 2.05) is 6.92 Å². The van der Waals surface area contributed by atoms with Crippen LogP contribution in [0.2, 0.25) is 0 Å². The van der Waals surface area contributed by atoms with Gasteiger partial charge in [0.25, 0.3) is 5.91 Å². The highest BCUT2D eigenvalue weighted by atomic mass is 16.2. The number of primary amides is 1. The number of rotatable bonds is 6. The molecule has 0 aromatic carbocycles. The molecule has 2 unspecified atom stereocenters. The number of carbonyl (C=O) groups is 2. The summed E-state index contributed by atoms with van der Waals surface area (Å²) in [7, 11) is 0. The number of amides is 2. The van der Waals surface area contributed by atoms with Gasteiger partial charge in [0.15, 0.2) is 0 Å². The summed E-state index contributed by atoms with van der Waals surface area (Å²) < 4.78 is 0. The van der Waals surface area contributed by atoms with Crippen LogP contribution < -0.4 is 11.1 Å². The van der Waals surface area contributed by atoms with E-state index in [9.17, 15) is 9.59 Å². The third-order valence-corrected chi connectivity index (χ3v) is 4.18. The average Bonchev–Trinajstić information content (AvgIpc) is 2.97. The van der Waals surface area contributed by atoms with Crippen LogP contribution in [0.3, 0.4) is 0 Å². The highest BCUT2D eigenvalue weighted by Crippen LogP contribution is 2.25. The Kier molecular flexibility index (Phi) is 5.54. The van der Waals surface area contributed by atoms with Crippen LogP contribution in [-0.2, 0) is 4.79 Å². The van der Waals surface area contributed by atoms with Crippen LogP contribution in [-0.4, -0.2) is 52.6 Å². The Bertz CT molecular complexity index is 528.